The highest BCUT2D eigenvalue weighted by Crippen LogP contribution is 2.21. The molecular formula is C18H29FN2. The zero-order valence-electron chi connectivity index (χ0n) is 13.7. The Bertz CT molecular complexity index is 445. The van der Waals surface area contributed by atoms with E-state index in [4.69, 9.17) is 0 Å². The summed E-state index contributed by atoms with van der Waals surface area (Å²) in [5.74, 6) is 0.569. The van der Waals surface area contributed by atoms with Crippen molar-refractivity contribution in [2.45, 2.75) is 59.2 Å². The Hall–Kier alpha value is -0.930. The van der Waals surface area contributed by atoms with Crippen LogP contribution in [0.15, 0.2) is 18.2 Å². The Morgan fingerprint density at radius 2 is 2.14 bits per heavy atom. The van der Waals surface area contributed by atoms with Gasteiger partial charge in [0.25, 0.3) is 0 Å². The van der Waals surface area contributed by atoms with Gasteiger partial charge in [-0.15, -0.1) is 0 Å². The van der Waals surface area contributed by atoms with Crippen molar-refractivity contribution >= 4 is 0 Å². The molecule has 118 valence electrons. The van der Waals surface area contributed by atoms with E-state index in [2.05, 4.69) is 31.0 Å². The summed E-state index contributed by atoms with van der Waals surface area (Å²) >= 11 is 0. The van der Waals surface area contributed by atoms with Crippen LogP contribution in [0, 0.1) is 11.7 Å². The molecule has 1 heterocycles. The molecule has 1 unspecified atom stereocenters. The summed E-state index contributed by atoms with van der Waals surface area (Å²) in [4.78, 5) is 2.41. The van der Waals surface area contributed by atoms with Gasteiger partial charge in [-0.05, 0) is 50.4 Å². The lowest BCUT2D eigenvalue weighted by atomic mass is 10.0. The SMILES string of the molecule is CC(C)CNCc1ccc(F)c(CN2CCCCC2C)c1. The van der Waals surface area contributed by atoms with Crippen LogP contribution in [-0.4, -0.2) is 24.0 Å². The maximum atomic E-state index is 14.1. The summed E-state index contributed by atoms with van der Waals surface area (Å²) in [6.07, 6.45) is 3.78. The average molecular weight is 292 g/mol. The molecule has 3 heteroatoms. The highest BCUT2D eigenvalue weighted by atomic mass is 19.1. The summed E-state index contributed by atoms with van der Waals surface area (Å²) in [7, 11) is 0. The fourth-order valence-corrected chi connectivity index (χ4v) is 2.98. The second kappa shape index (κ2) is 7.90. The predicted octanol–water partition coefficient (Wildman–Crippen LogP) is 3.95. The van der Waals surface area contributed by atoms with Gasteiger partial charge in [0.2, 0.25) is 0 Å². The third-order valence-corrected chi connectivity index (χ3v) is 4.31. The molecule has 0 bridgehead atoms. The van der Waals surface area contributed by atoms with E-state index < -0.39 is 0 Å². The van der Waals surface area contributed by atoms with E-state index in [-0.39, 0.29) is 5.82 Å². The van der Waals surface area contributed by atoms with E-state index in [1.165, 1.54) is 24.8 Å². The molecule has 1 saturated heterocycles. The zero-order chi connectivity index (χ0) is 15.2. The molecule has 0 spiro atoms. The second-order valence-corrected chi connectivity index (χ2v) is 6.77. The van der Waals surface area contributed by atoms with E-state index in [0.717, 1.165) is 31.7 Å². The highest BCUT2D eigenvalue weighted by Gasteiger charge is 2.19. The van der Waals surface area contributed by atoms with Crippen LogP contribution in [-0.2, 0) is 13.1 Å². The first-order valence-corrected chi connectivity index (χ1v) is 8.28. The monoisotopic (exact) mass is 292 g/mol. The fraction of sp³-hybridized carbons (Fsp3) is 0.667. The molecule has 21 heavy (non-hydrogen) atoms. The van der Waals surface area contributed by atoms with Gasteiger partial charge >= 0.3 is 0 Å². The smallest absolute Gasteiger partial charge is 0.127 e. The molecular weight excluding hydrogens is 263 g/mol. The summed E-state index contributed by atoms with van der Waals surface area (Å²) in [5.41, 5.74) is 2.02. The lowest BCUT2D eigenvalue weighted by Crippen LogP contribution is -2.37. The number of nitrogens with one attached hydrogen (secondary N) is 1. The van der Waals surface area contributed by atoms with Crippen molar-refractivity contribution in [1.29, 1.82) is 0 Å². The molecule has 2 rings (SSSR count). The molecule has 1 aromatic carbocycles. The molecule has 0 saturated carbocycles. The molecule has 2 nitrogen and oxygen atoms in total. The van der Waals surface area contributed by atoms with E-state index in [9.17, 15) is 4.39 Å². The largest absolute Gasteiger partial charge is 0.312 e. The maximum absolute atomic E-state index is 14.1. The quantitative estimate of drug-likeness (QED) is 0.854. The normalized spacial score (nSPS) is 20.1. The first-order valence-electron chi connectivity index (χ1n) is 8.28. The van der Waals surface area contributed by atoms with Crippen LogP contribution >= 0.6 is 0 Å². The van der Waals surface area contributed by atoms with Crippen LogP contribution < -0.4 is 5.32 Å². The lowest BCUT2D eigenvalue weighted by Gasteiger charge is -2.33. The number of benzene rings is 1. The standard InChI is InChI=1S/C18H29FN2/c1-14(2)11-20-12-16-7-8-18(19)17(10-16)13-21-9-5-4-6-15(21)3/h7-8,10,14-15,20H,4-6,9,11-13H2,1-3H3. The van der Waals surface area contributed by atoms with Gasteiger partial charge in [0, 0.05) is 24.7 Å². The Morgan fingerprint density at radius 1 is 1.33 bits per heavy atom. The van der Waals surface area contributed by atoms with Gasteiger partial charge in [-0.25, -0.2) is 4.39 Å². The van der Waals surface area contributed by atoms with Crippen LogP contribution in [0.25, 0.3) is 0 Å². The number of nitrogens with zero attached hydrogens (tertiary/aromatic N) is 1. The van der Waals surface area contributed by atoms with Gasteiger partial charge in [-0.1, -0.05) is 32.4 Å². The number of piperidine rings is 1. The van der Waals surface area contributed by atoms with Gasteiger partial charge in [-0.2, -0.15) is 0 Å². The minimum atomic E-state index is -0.0691. The summed E-state index contributed by atoms with van der Waals surface area (Å²) in [5, 5.41) is 3.42. The van der Waals surface area contributed by atoms with Crippen molar-refractivity contribution in [3.63, 3.8) is 0 Å². The average Bonchev–Trinajstić information content (AvgIpc) is 2.44. The van der Waals surface area contributed by atoms with Crippen LogP contribution in [0.2, 0.25) is 0 Å². The van der Waals surface area contributed by atoms with Gasteiger partial charge < -0.3 is 5.32 Å². The van der Waals surface area contributed by atoms with Crippen molar-refractivity contribution in [3.05, 3.63) is 35.1 Å². The molecule has 1 aromatic rings. The predicted molar refractivity (Wildman–Crippen MR) is 86.7 cm³/mol. The number of halogens is 1. The Labute approximate surface area is 128 Å². The Morgan fingerprint density at radius 3 is 2.86 bits per heavy atom. The Balaban J connectivity index is 1.97. The molecule has 1 fully saturated rings. The number of likely N-dealkylation sites (tertiary alicyclic amines) is 1. The van der Waals surface area contributed by atoms with E-state index >= 15 is 0 Å². The van der Waals surface area contributed by atoms with Gasteiger partial charge in [0.15, 0.2) is 0 Å². The molecule has 1 aliphatic rings. The molecule has 1 atom stereocenters. The molecule has 0 aromatic heterocycles. The molecule has 0 amide bonds. The summed E-state index contributed by atoms with van der Waals surface area (Å²) in [6.45, 7) is 10.3. The van der Waals surface area contributed by atoms with Crippen molar-refractivity contribution in [1.82, 2.24) is 10.2 Å². The third-order valence-electron chi connectivity index (χ3n) is 4.31. The van der Waals surface area contributed by atoms with Crippen LogP contribution in [0.3, 0.4) is 0 Å². The van der Waals surface area contributed by atoms with Crippen LogP contribution in [0.5, 0.6) is 0 Å². The third kappa shape index (κ3) is 5.08. The number of hydrogen-bond donors (Lipinski definition) is 1. The van der Waals surface area contributed by atoms with Crippen molar-refractivity contribution in [2.24, 2.45) is 5.92 Å². The second-order valence-electron chi connectivity index (χ2n) is 6.77. The molecule has 1 aliphatic heterocycles. The Kier molecular flexibility index (Phi) is 6.19. The first-order chi connectivity index (χ1) is 10.1. The maximum Gasteiger partial charge on any atom is 0.127 e. The minimum absolute atomic E-state index is 0.0691. The van der Waals surface area contributed by atoms with Gasteiger partial charge in [0.1, 0.15) is 5.82 Å². The molecule has 0 radical (unpaired) electrons. The fourth-order valence-electron chi connectivity index (χ4n) is 2.98. The van der Waals surface area contributed by atoms with E-state index in [0.29, 0.717) is 12.0 Å². The first kappa shape index (κ1) is 16.4. The van der Waals surface area contributed by atoms with Crippen molar-refractivity contribution in [2.75, 3.05) is 13.1 Å². The number of rotatable bonds is 6. The summed E-state index contributed by atoms with van der Waals surface area (Å²) in [6, 6.07) is 6.12. The molecule has 0 aliphatic carbocycles. The van der Waals surface area contributed by atoms with E-state index in [1.54, 1.807) is 6.07 Å². The highest BCUT2D eigenvalue weighted by molar-refractivity contribution is 5.25. The van der Waals surface area contributed by atoms with Gasteiger partial charge in [-0.3, -0.25) is 4.90 Å². The molecule has 1 N–H and O–H groups in total. The van der Waals surface area contributed by atoms with Crippen molar-refractivity contribution in [3.8, 4) is 0 Å². The zero-order valence-corrected chi connectivity index (χ0v) is 13.7. The van der Waals surface area contributed by atoms with Crippen LogP contribution in [0.4, 0.5) is 4.39 Å². The lowest BCUT2D eigenvalue weighted by molar-refractivity contribution is 0.151. The number of hydrogen-bond acceptors (Lipinski definition) is 2. The summed E-state index contributed by atoms with van der Waals surface area (Å²) < 4.78 is 14.1. The van der Waals surface area contributed by atoms with Gasteiger partial charge in [0.05, 0.1) is 0 Å². The van der Waals surface area contributed by atoms with Crippen molar-refractivity contribution < 1.29 is 4.39 Å². The van der Waals surface area contributed by atoms with E-state index in [1.807, 2.05) is 12.1 Å². The van der Waals surface area contributed by atoms with Crippen LogP contribution in [0.1, 0.15) is 51.2 Å². The topological polar surface area (TPSA) is 15.3 Å². The minimum Gasteiger partial charge on any atom is -0.312 e.